The van der Waals surface area contributed by atoms with Crippen LogP contribution in [0.25, 0.3) is 0 Å². The first-order valence-electron chi connectivity index (χ1n) is 7.12. The van der Waals surface area contributed by atoms with E-state index in [1.54, 1.807) is 0 Å². The molecule has 0 spiro atoms. The van der Waals surface area contributed by atoms with Gasteiger partial charge in [-0.25, -0.2) is 0 Å². The fourth-order valence-corrected chi connectivity index (χ4v) is 3.19. The Labute approximate surface area is 115 Å². The second-order valence-electron chi connectivity index (χ2n) is 6.97. The molecule has 1 aliphatic rings. The summed E-state index contributed by atoms with van der Waals surface area (Å²) in [6.45, 7) is 6.61. The van der Waals surface area contributed by atoms with Crippen molar-refractivity contribution >= 4 is 11.9 Å². The van der Waals surface area contributed by atoms with Crippen LogP contribution in [-0.2, 0) is 9.59 Å². The lowest BCUT2D eigenvalue weighted by atomic mass is 9.62. The topological polar surface area (TPSA) is 74.6 Å². The summed E-state index contributed by atoms with van der Waals surface area (Å²) in [4.78, 5) is 22.1. The van der Waals surface area contributed by atoms with Gasteiger partial charge in [0.15, 0.2) is 0 Å². The molecule has 0 saturated heterocycles. The van der Waals surface area contributed by atoms with Gasteiger partial charge >= 0.3 is 11.9 Å². The van der Waals surface area contributed by atoms with E-state index < -0.39 is 17.4 Å². The van der Waals surface area contributed by atoms with Gasteiger partial charge in [0.1, 0.15) is 0 Å². The van der Waals surface area contributed by atoms with E-state index >= 15 is 0 Å². The third kappa shape index (κ3) is 4.22. The van der Waals surface area contributed by atoms with E-state index in [9.17, 15) is 14.7 Å². The molecule has 110 valence electrons. The molecule has 0 unspecified atom stereocenters. The molecule has 0 bridgehead atoms. The van der Waals surface area contributed by atoms with Crippen LogP contribution in [0.3, 0.4) is 0 Å². The zero-order valence-electron chi connectivity index (χ0n) is 12.2. The molecule has 19 heavy (non-hydrogen) atoms. The number of carboxylic acids is 2. The quantitative estimate of drug-likeness (QED) is 0.801. The van der Waals surface area contributed by atoms with E-state index in [2.05, 4.69) is 20.8 Å². The highest BCUT2D eigenvalue weighted by Crippen LogP contribution is 2.47. The molecule has 1 saturated carbocycles. The molecule has 0 aromatic rings. The van der Waals surface area contributed by atoms with Crippen LogP contribution in [0.2, 0.25) is 0 Å². The summed E-state index contributed by atoms with van der Waals surface area (Å²) in [5.74, 6) is -1.02. The van der Waals surface area contributed by atoms with Crippen molar-refractivity contribution in [1.29, 1.82) is 0 Å². The fourth-order valence-electron chi connectivity index (χ4n) is 3.19. The van der Waals surface area contributed by atoms with Gasteiger partial charge in [-0.2, -0.15) is 0 Å². The molecule has 4 heteroatoms. The summed E-state index contributed by atoms with van der Waals surface area (Å²) in [5, 5.41) is 18.2. The van der Waals surface area contributed by atoms with E-state index in [0.29, 0.717) is 31.6 Å². The second kappa shape index (κ2) is 5.93. The third-order valence-corrected chi connectivity index (χ3v) is 4.67. The number of carbonyl (C=O) groups is 2. The number of hydrogen-bond acceptors (Lipinski definition) is 2. The van der Waals surface area contributed by atoms with E-state index in [1.807, 2.05) is 0 Å². The molecule has 4 nitrogen and oxygen atoms in total. The van der Waals surface area contributed by atoms with Gasteiger partial charge in [0.25, 0.3) is 0 Å². The van der Waals surface area contributed by atoms with E-state index in [4.69, 9.17) is 5.11 Å². The van der Waals surface area contributed by atoms with Crippen LogP contribution < -0.4 is 0 Å². The minimum Gasteiger partial charge on any atom is -0.481 e. The fraction of sp³-hybridized carbons (Fsp3) is 0.867. The predicted molar refractivity (Wildman–Crippen MR) is 73.0 cm³/mol. The third-order valence-electron chi connectivity index (χ3n) is 4.67. The van der Waals surface area contributed by atoms with Crippen molar-refractivity contribution in [3.05, 3.63) is 0 Å². The maximum absolute atomic E-state index is 11.6. The van der Waals surface area contributed by atoms with Gasteiger partial charge in [-0.15, -0.1) is 0 Å². The van der Waals surface area contributed by atoms with Gasteiger partial charge in [0, 0.05) is 6.42 Å². The SMILES string of the molecule is CC(C)(C)C1CCC(CCCC(=O)O)(C(=O)O)CC1. The summed E-state index contributed by atoms with van der Waals surface area (Å²) >= 11 is 0. The number of rotatable bonds is 5. The lowest BCUT2D eigenvalue weighted by molar-refractivity contribution is -0.153. The van der Waals surface area contributed by atoms with Crippen LogP contribution >= 0.6 is 0 Å². The van der Waals surface area contributed by atoms with E-state index in [1.165, 1.54) is 0 Å². The van der Waals surface area contributed by atoms with Crippen molar-refractivity contribution in [1.82, 2.24) is 0 Å². The number of aliphatic carboxylic acids is 2. The molecular weight excluding hydrogens is 244 g/mol. The average Bonchev–Trinajstić information content (AvgIpc) is 2.27. The van der Waals surface area contributed by atoms with E-state index in [-0.39, 0.29) is 11.8 Å². The van der Waals surface area contributed by atoms with Gasteiger partial charge in [-0.05, 0) is 49.9 Å². The van der Waals surface area contributed by atoms with Crippen LogP contribution in [0.5, 0.6) is 0 Å². The first-order chi connectivity index (χ1) is 8.67. The maximum atomic E-state index is 11.6. The Balaban J connectivity index is 2.61. The Hall–Kier alpha value is -1.06. The van der Waals surface area contributed by atoms with Gasteiger partial charge in [-0.1, -0.05) is 20.8 Å². The van der Waals surface area contributed by atoms with Gasteiger partial charge in [0.05, 0.1) is 5.41 Å². The molecule has 0 aromatic heterocycles. The Bertz CT molecular complexity index is 333. The highest BCUT2D eigenvalue weighted by Gasteiger charge is 2.43. The minimum absolute atomic E-state index is 0.0672. The van der Waals surface area contributed by atoms with Crippen molar-refractivity contribution in [2.75, 3.05) is 0 Å². The van der Waals surface area contributed by atoms with Crippen LogP contribution in [0.15, 0.2) is 0 Å². The summed E-state index contributed by atoms with van der Waals surface area (Å²) in [5.41, 5.74) is -0.455. The normalized spacial score (nSPS) is 28.1. The first-order valence-corrected chi connectivity index (χ1v) is 7.12. The first kappa shape index (κ1) is 16.0. The molecule has 1 rings (SSSR count). The molecule has 0 aliphatic heterocycles. The molecule has 0 atom stereocenters. The number of hydrogen-bond donors (Lipinski definition) is 2. The van der Waals surface area contributed by atoms with Crippen LogP contribution in [0, 0.1) is 16.7 Å². The molecule has 2 N–H and O–H groups in total. The van der Waals surface area contributed by atoms with Crippen LogP contribution in [-0.4, -0.2) is 22.2 Å². The summed E-state index contributed by atoms with van der Waals surface area (Å²) in [6.07, 6.45) is 4.25. The Morgan fingerprint density at radius 3 is 2.05 bits per heavy atom. The van der Waals surface area contributed by atoms with Crippen molar-refractivity contribution in [2.45, 2.75) is 65.7 Å². The second-order valence-corrected chi connectivity index (χ2v) is 6.97. The molecule has 0 radical (unpaired) electrons. The lowest BCUT2D eigenvalue weighted by Crippen LogP contribution is -2.38. The molecule has 0 heterocycles. The zero-order chi connectivity index (χ0) is 14.7. The molecule has 1 aliphatic carbocycles. The number of carboxylic acid groups (broad SMARTS) is 2. The van der Waals surface area contributed by atoms with Crippen LogP contribution in [0.4, 0.5) is 0 Å². The maximum Gasteiger partial charge on any atom is 0.309 e. The van der Waals surface area contributed by atoms with Gasteiger partial charge < -0.3 is 10.2 Å². The molecule has 0 amide bonds. The Kier molecular flexibility index (Phi) is 4.99. The van der Waals surface area contributed by atoms with Crippen molar-refractivity contribution in [2.24, 2.45) is 16.7 Å². The summed E-state index contributed by atoms with van der Waals surface area (Å²) in [7, 11) is 0. The zero-order valence-corrected chi connectivity index (χ0v) is 12.2. The highest BCUT2D eigenvalue weighted by molar-refractivity contribution is 5.75. The minimum atomic E-state index is -0.844. The highest BCUT2D eigenvalue weighted by atomic mass is 16.4. The summed E-state index contributed by atoms with van der Waals surface area (Å²) in [6, 6.07) is 0. The van der Waals surface area contributed by atoms with Crippen molar-refractivity contribution < 1.29 is 19.8 Å². The van der Waals surface area contributed by atoms with Crippen LogP contribution in [0.1, 0.15) is 65.7 Å². The smallest absolute Gasteiger partial charge is 0.309 e. The molecular formula is C15H26O4. The molecule has 0 aromatic carbocycles. The van der Waals surface area contributed by atoms with E-state index in [0.717, 1.165) is 12.8 Å². The predicted octanol–water partition coefficient (Wildman–Crippen LogP) is 3.55. The Morgan fingerprint density at radius 1 is 1.16 bits per heavy atom. The largest absolute Gasteiger partial charge is 0.481 e. The monoisotopic (exact) mass is 270 g/mol. The van der Waals surface area contributed by atoms with Gasteiger partial charge in [0.2, 0.25) is 0 Å². The average molecular weight is 270 g/mol. The standard InChI is InChI=1S/C15H26O4/c1-14(2,3)11-6-9-15(10-7-11,13(18)19)8-4-5-12(16)17/h11H,4-10H2,1-3H3,(H,16,17)(H,18,19). The lowest BCUT2D eigenvalue weighted by Gasteiger charge is -2.41. The van der Waals surface area contributed by atoms with Crippen molar-refractivity contribution in [3.8, 4) is 0 Å². The van der Waals surface area contributed by atoms with Crippen molar-refractivity contribution in [3.63, 3.8) is 0 Å². The summed E-state index contributed by atoms with van der Waals surface area (Å²) < 4.78 is 0. The van der Waals surface area contributed by atoms with Gasteiger partial charge in [-0.3, -0.25) is 9.59 Å². The molecule has 1 fully saturated rings. The Morgan fingerprint density at radius 2 is 1.68 bits per heavy atom.